The number of nitrogens with zero attached hydrogens (tertiary/aromatic N) is 1. The van der Waals surface area contributed by atoms with Crippen LogP contribution in [0.2, 0.25) is 0 Å². The van der Waals surface area contributed by atoms with Gasteiger partial charge in [-0.3, -0.25) is 0 Å². The number of aromatic hydroxyl groups is 1. The van der Waals surface area contributed by atoms with Crippen molar-refractivity contribution in [1.82, 2.24) is 4.98 Å². The first-order valence-corrected chi connectivity index (χ1v) is 5.33. The molecule has 0 aliphatic rings. The summed E-state index contributed by atoms with van der Waals surface area (Å²) in [5.74, 6) is 1.93. The molecule has 16 heavy (non-hydrogen) atoms. The molecule has 0 atom stereocenters. The van der Waals surface area contributed by atoms with E-state index in [-0.39, 0.29) is 0 Å². The van der Waals surface area contributed by atoms with Gasteiger partial charge in [-0.05, 0) is 17.5 Å². The van der Waals surface area contributed by atoms with Crippen LogP contribution in [0.5, 0.6) is 5.75 Å². The van der Waals surface area contributed by atoms with Gasteiger partial charge in [0.15, 0.2) is 11.7 Å². The van der Waals surface area contributed by atoms with Crippen LogP contribution in [-0.4, -0.2) is 10.1 Å². The average molecular weight is 217 g/mol. The van der Waals surface area contributed by atoms with Crippen molar-refractivity contribution in [3.8, 4) is 17.1 Å². The molecular weight excluding hydrogens is 202 g/mol. The number of aromatic nitrogens is 1. The number of hydrogen-bond acceptors (Lipinski definition) is 3. The Morgan fingerprint density at radius 1 is 1.31 bits per heavy atom. The van der Waals surface area contributed by atoms with Crippen LogP contribution in [0.3, 0.4) is 0 Å². The Bertz CT molecular complexity index is 500. The molecule has 0 fully saturated rings. The van der Waals surface area contributed by atoms with Crippen molar-refractivity contribution in [3.05, 3.63) is 35.9 Å². The topological polar surface area (TPSA) is 46.3 Å². The van der Waals surface area contributed by atoms with E-state index in [9.17, 15) is 5.11 Å². The highest BCUT2D eigenvalue weighted by Crippen LogP contribution is 2.30. The Morgan fingerprint density at radius 2 is 2.06 bits per heavy atom. The first kappa shape index (κ1) is 10.7. The summed E-state index contributed by atoms with van der Waals surface area (Å²) in [6, 6.07) is 5.58. The van der Waals surface area contributed by atoms with Crippen LogP contribution in [0.4, 0.5) is 0 Å². The van der Waals surface area contributed by atoms with E-state index in [0.717, 1.165) is 11.1 Å². The molecular formula is C13H15NO2. The van der Waals surface area contributed by atoms with Crippen LogP contribution in [0.15, 0.2) is 28.8 Å². The number of rotatable bonds is 2. The molecule has 0 saturated carbocycles. The highest BCUT2D eigenvalue weighted by molar-refractivity contribution is 5.60. The Hall–Kier alpha value is -1.77. The fraction of sp³-hybridized carbons (Fsp3) is 0.308. The Balaban J connectivity index is 2.42. The predicted octanol–water partition coefficient (Wildman–Crippen LogP) is 3.48. The number of aryl methyl sites for hydroxylation is 1. The van der Waals surface area contributed by atoms with E-state index < -0.39 is 0 Å². The summed E-state index contributed by atoms with van der Waals surface area (Å²) in [5, 5.41) is 9.87. The van der Waals surface area contributed by atoms with Gasteiger partial charge in [-0.15, -0.1) is 0 Å². The Kier molecular flexibility index (Phi) is 2.69. The number of hydrogen-bond donors (Lipinski definition) is 1. The Labute approximate surface area is 94.8 Å². The van der Waals surface area contributed by atoms with Crippen molar-refractivity contribution in [2.75, 3.05) is 0 Å². The average Bonchev–Trinajstić information content (AvgIpc) is 2.64. The molecule has 2 aromatic rings. The predicted molar refractivity (Wildman–Crippen MR) is 62.4 cm³/mol. The third-order valence-electron chi connectivity index (χ3n) is 2.56. The molecule has 1 heterocycles. The molecule has 1 N–H and O–H groups in total. The van der Waals surface area contributed by atoms with Gasteiger partial charge in [0.25, 0.3) is 0 Å². The van der Waals surface area contributed by atoms with E-state index in [1.165, 1.54) is 0 Å². The summed E-state index contributed by atoms with van der Waals surface area (Å²) < 4.78 is 5.40. The largest absolute Gasteiger partial charge is 0.508 e. The van der Waals surface area contributed by atoms with Gasteiger partial charge in [0.1, 0.15) is 5.75 Å². The molecule has 0 spiro atoms. The lowest BCUT2D eigenvalue weighted by molar-refractivity contribution is 0.464. The van der Waals surface area contributed by atoms with Gasteiger partial charge in [0.05, 0.1) is 6.20 Å². The zero-order valence-corrected chi connectivity index (χ0v) is 9.69. The fourth-order valence-electron chi connectivity index (χ4n) is 1.68. The van der Waals surface area contributed by atoms with Gasteiger partial charge < -0.3 is 9.52 Å². The quantitative estimate of drug-likeness (QED) is 0.837. The van der Waals surface area contributed by atoms with Crippen LogP contribution in [0.25, 0.3) is 11.3 Å². The molecule has 0 amide bonds. The fourth-order valence-corrected chi connectivity index (χ4v) is 1.68. The lowest BCUT2D eigenvalue weighted by atomic mass is 10.00. The minimum Gasteiger partial charge on any atom is -0.508 e. The third kappa shape index (κ3) is 1.94. The van der Waals surface area contributed by atoms with Crippen molar-refractivity contribution >= 4 is 0 Å². The summed E-state index contributed by atoms with van der Waals surface area (Å²) in [4.78, 5) is 4.03. The van der Waals surface area contributed by atoms with Gasteiger partial charge in [0.2, 0.25) is 0 Å². The van der Waals surface area contributed by atoms with Crippen molar-refractivity contribution < 1.29 is 9.52 Å². The van der Waals surface area contributed by atoms with Gasteiger partial charge in [0, 0.05) is 12.5 Å². The smallest absolute Gasteiger partial charge is 0.191 e. The second-order valence-corrected chi connectivity index (χ2v) is 4.17. The maximum atomic E-state index is 9.87. The molecule has 2 rings (SSSR count). The van der Waals surface area contributed by atoms with E-state index in [1.807, 2.05) is 26.0 Å². The lowest BCUT2D eigenvalue weighted by Gasteiger charge is -2.08. The molecule has 0 aliphatic carbocycles. The number of benzene rings is 1. The summed E-state index contributed by atoms with van der Waals surface area (Å²) in [6.45, 7) is 5.90. The van der Waals surface area contributed by atoms with Crippen LogP contribution < -0.4 is 0 Å². The van der Waals surface area contributed by atoms with Gasteiger partial charge >= 0.3 is 0 Å². The van der Waals surface area contributed by atoms with Gasteiger partial charge in [-0.1, -0.05) is 26.0 Å². The van der Waals surface area contributed by atoms with Crippen LogP contribution in [0, 0.1) is 6.92 Å². The normalized spacial score (nSPS) is 11.0. The molecule has 0 radical (unpaired) electrons. The summed E-state index contributed by atoms with van der Waals surface area (Å²) in [5.41, 5.74) is 1.79. The second kappa shape index (κ2) is 4.00. The standard InChI is InChI=1S/C13H15NO2/c1-8(2)11-5-4-10(6-12(11)15)13-7-14-9(3)16-13/h4-8,15H,1-3H3. The van der Waals surface area contributed by atoms with Crippen LogP contribution in [-0.2, 0) is 0 Å². The van der Waals surface area contributed by atoms with E-state index in [1.54, 1.807) is 19.2 Å². The van der Waals surface area contributed by atoms with Crippen molar-refractivity contribution in [1.29, 1.82) is 0 Å². The molecule has 3 nitrogen and oxygen atoms in total. The molecule has 1 aromatic heterocycles. The molecule has 0 saturated heterocycles. The third-order valence-corrected chi connectivity index (χ3v) is 2.56. The minimum absolute atomic E-state index is 0.307. The highest BCUT2D eigenvalue weighted by atomic mass is 16.4. The molecule has 1 aromatic carbocycles. The second-order valence-electron chi connectivity index (χ2n) is 4.17. The van der Waals surface area contributed by atoms with Crippen LogP contribution >= 0.6 is 0 Å². The van der Waals surface area contributed by atoms with Crippen molar-refractivity contribution in [2.24, 2.45) is 0 Å². The summed E-state index contributed by atoms with van der Waals surface area (Å²) in [6.07, 6.45) is 1.67. The van der Waals surface area contributed by atoms with Crippen molar-refractivity contribution in [3.63, 3.8) is 0 Å². The van der Waals surface area contributed by atoms with Crippen LogP contribution in [0.1, 0.15) is 31.2 Å². The first-order chi connectivity index (χ1) is 7.58. The molecule has 0 bridgehead atoms. The highest BCUT2D eigenvalue weighted by Gasteiger charge is 2.09. The maximum Gasteiger partial charge on any atom is 0.191 e. The van der Waals surface area contributed by atoms with Crippen molar-refractivity contribution in [2.45, 2.75) is 26.7 Å². The summed E-state index contributed by atoms with van der Waals surface area (Å²) >= 11 is 0. The monoisotopic (exact) mass is 217 g/mol. The molecule has 84 valence electrons. The number of oxazole rings is 1. The van der Waals surface area contributed by atoms with E-state index in [4.69, 9.17) is 4.42 Å². The van der Waals surface area contributed by atoms with Gasteiger partial charge in [-0.25, -0.2) is 4.98 Å². The molecule has 0 aliphatic heterocycles. The van der Waals surface area contributed by atoms with E-state index in [2.05, 4.69) is 4.98 Å². The molecule has 0 unspecified atom stereocenters. The SMILES string of the molecule is Cc1ncc(-c2ccc(C(C)C)c(O)c2)o1. The summed E-state index contributed by atoms with van der Waals surface area (Å²) in [7, 11) is 0. The first-order valence-electron chi connectivity index (χ1n) is 5.33. The maximum absolute atomic E-state index is 9.87. The van der Waals surface area contributed by atoms with Gasteiger partial charge in [-0.2, -0.15) is 0 Å². The van der Waals surface area contributed by atoms with E-state index in [0.29, 0.717) is 23.3 Å². The lowest BCUT2D eigenvalue weighted by Crippen LogP contribution is -1.88. The number of phenols is 1. The zero-order valence-electron chi connectivity index (χ0n) is 9.69. The van der Waals surface area contributed by atoms with E-state index >= 15 is 0 Å². The number of phenolic OH excluding ortho intramolecular Hbond substituents is 1. The minimum atomic E-state index is 0.307. The molecule has 3 heteroatoms. The zero-order chi connectivity index (χ0) is 11.7. The Morgan fingerprint density at radius 3 is 2.56 bits per heavy atom.